The largest absolute Gasteiger partial charge is 0.492 e. The van der Waals surface area contributed by atoms with Gasteiger partial charge in [-0.05, 0) is 26.1 Å². The summed E-state index contributed by atoms with van der Waals surface area (Å²) in [6.07, 6.45) is 0.171. The number of ether oxygens (including phenoxy) is 2. The van der Waals surface area contributed by atoms with E-state index in [-0.39, 0.29) is 30.1 Å². The van der Waals surface area contributed by atoms with Crippen LogP contribution in [0.15, 0.2) is 35.3 Å². The molecule has 0 radical (unpaired) electrons. The standard InChI is InChI=1S/C17H28N4O2.HI/c1-3-18-17(20-13-16-14-21(2)10-12-23-16)19-9-11-22-15-7-5-4-6-8-15;/h4-8,16H,3,9-14H2,1-2H3,(H2,18,19,20);1H. The summed E-state index contributed by atoms with van der Waals surface area (Å²) in [5, 5.41) is 6.53. The SMILES string of the molecule is CCNC(=NCC1CN(C)CCO1)NCCOc1ccccc1.I. The summed E-state index contributed by atoms with van der Waals surface area (Å²) in [4.78, 5) is 6.88. The zero-order valence-electron chi connectivity index (χ0n) is 14.5. The van der Waals surface area contributed by atoms with Crippen LogP contribution in [0.25, 0.3) is 0 Å². The summed E-state index contributed by atoms with van der Waals surface area (Å²) in [5.74, 6) is 1.69. The van der Waals surface area contributed by atoms with E-state index in [4.69, 9.17) is 9.47 Å². The van der Waals surface area contributed by atoms with E-state index in [1.807, 2.05) is 30.3 Å². The van der Waals surface area contributed by atoms with E-state index < -0.39 is 0 Å². The van der Waals surface area contributed by atoms with Crippen molar-refractivity contribution in [3.63, 3.8) is 0 Å². The van der Waals surface area contributed by atoms with Crippen molar-refractivity contribution in [2.75, 3.05) is 53.0 Å². The number of guanidine groups is 1. The minimum absolute atomic E-state index is 0. The summed E-state index contributed by atoms with van der Waals surface area (Å²) < 4.78 is 11.4. The molecular formula is C17H29IN4O2. The smallest absolute Gasteiger partial charge is 0.191 e. The van der Waals surface area contributed by atoms with Crippen LogP contribution in [0.5, 0.6) is 5.75 Å². The molecule has 1 saturated heterocycles. The van der Waals surface area contributed by atoms with Gasteiger partial charge in [-0.2, -0.15) is 0 Å². The molecule has 24 heavy (non-hydrogen) atoms. The van der Waals surface area contributed by atoms with Crippen molar-refractivity contribution in [3.05, 3.63) is 30.3 Å². The highest BCUT2D eigenvalue weighted by molar-refractivity contribution is 14.0. The van der Waals surface area contributed by atoms with E-state index in [1.165, 1.54) is 0 Å². The van der Waals surface area contributed by atoms with E-state index in [9.17, 15) is 0 Å². The van der Waals surface area contributed by atoms with Crippen LogP contribution in [-0.2, 0) is 4.74 Å². The number of hydrogen-bond acceptors (Lipinski definition) is 4. The topological polar surface area (TPSA) is 58.1 Å². The third kappa shape index (κ3) is 8.16. The van der Waals surface area contributed by atoms with Gasteiger partial charge >= 0.3 is 0 Å². The Hall–Kier alpha value is -1.06. The number of para-hydroxylation sites is 1. The molecule has 2 N–H and O–H groups in total. The Morgan fingerprint density at radius 3 is 2.83 bits per heavy atom. The van der Waals surface area contributed by atoms with Gasteiger partial charge in [0.15, 0.2) is 5.96 Å². The van der Waals surface area contributed by atoms with Gasteiger partial charge in [-0.15, -0.1) is 24.0 Å². The van der Waals surface area contributed by atoms with Crippen LogP contribution in [0, 0.1) is 0 Å². The van der Waals surface area contributed by atoms with Crippen LogP contribution in [0.2, 0.25) is 0 Å². The van der Waals surface area contributed by atoms with Gasteiger partial charge in [0.25, 0.3) is 0 Å². The third-order valence-corrected chi connectivity index (χ3v) is 3.55. The average molecular weight is 448 g/mol. The van der Waals surface area contributed by atoms with E-state index in [1.54, 1.807) is 0 Å². The second-order valence-electron chi connectivity index (χ2n) is 5.56. The molecular weight excluding hydrogens is 419 g/mol. The quantitative estimate of drug-likeness (QED) is 0.287. The highest BCUT2D eigenvalue weighted by Crippen LogP contribution is 2.07. The lowest BCUT2D eigenvalue weighted by atomic mass is 10.3. The first-order valence-corrected chi connectivity index (χ1v) is 8.28. The van der Waals surface area contributed by atoms with Crippen molar-refractivity contribution < 1.29 is 9.47 Å². The van der Waals surface area contributed by atoms with Gasteiger partial charge in [-0.25, -0.2) is 0 Å². The first-order chi connectivity index (χ1) is 11.3. The molecule has 136 valence electrons. The summed E-state index contributed by atoms with van der Waals surface area (Å²) in [6.45, 7) is 7.56. The Bertz CT molecular complexity index is 473. The number of nitrogens with zero attached hydrogens (tertiary/aromatic N) is 2. The number of aliphatic imine (C=N–C) groups is 1. The van der Waals surface area contributed by atoms with Crippen molar-refractivity contribution in [2.45, 2.75) is 13.0 Å². The fourth-order valence-electron chi connectivity index (χ4n) is 2.37. The lowest BCUT2D eigenvalue weighted by molar-refractivity contribution is -0.0136. The van der Waals surface area contributed by atoms with Gasteiger partial charge in [-0.3, -0.25) is 4.99 Å². The summed E-state index contributed by atoms with van der Waals surface area (Å²) in [6, 6.07) is 9.82. The predicted octanol–water partition coefficient (Wildman–Crippen LogP) is 1.57. The maximum atomic E-state index is 5.73. The zero-order valence-corrected chi connectivity index (χ0v) is 16.9. The number of benzene rings is 1. The molecule has 1 aromatic rings. The number of hydrogen-bond donors (Lipinski definition) is 2. The number of nitrogens with one attached hydrogen (secondary N) is 2. The van der Waals surface area contributed by atoms with Crippen LogP contribution < -0.4 is 15.4 Å². The molecule has 1 fully saturated rings. The van der Waals surface area contributed by atoms with Gasteiger partial charge in [0, 0.05) is 19.6 Å². The molecule has 0 aromatic heterocycles. The van der Waals surface area contributed by atoms with Crippen molar-refractivity contribution in [1.29, 1.82) is 0 Å². The lowest BCUT2D eigenvalue weighted by Gasteiger charge is -2.29. The van der Waals surface area contributed by atoms with E-state index in [0.717, 1.165) is 38.0 Å². The van der Waals surface area contributed by atoms with E-state index >= 15 is 0 Å². The van der Waals surface area contributed by atoms with Crippen LogP contribution in [0.4, 0.5) is 0 Å². The molecule has 6 nitrogen and oxygen atoms in total. The van der Waals surface area contributed by atoms with Crippen molar-refractivity contribution in [2.24, 2.45) is 4.99 Å². The number of morpholine rings is 1. The van der Waals surface area contributed by atoms with E-state index in [2.05, 4.69) is 34.5 Å². The highest BCUT2D eigenvalue weighted by atomic mass is 127. The molecule has 0 spiro atoms. The summed E-state index contributed by atoms with van der Waals surface area (Å²) in [7, 11) is 2.11. The van der Waals surface area contributed by atoms with Crippen LogP contribution in [0.1, 0.15) is 6.92 Å². The van der Waals surface area contributed by atoms with Gasteiger partial charge in [0.1, 0.15) is 12.4 Å². The Morgan fingerprint density at radius 1 is 1.33 bits per heavy atom. The van der Waals surface area contributed by atoms with Gasteiger partial charge in [0.2, 0.25) is 0 Å². The maximum absolute atomic E-state index is 5.73. The molecule has 1 heterocycles. The molecule has 1 aliphatic heterocycles. The highest BCUT2D eigenvalue weighted by Gasteiger charge is 2.17. The fourth-order valence-corrected chi connectivity index (χ4v) is 2.37. The maximum Gasteiger partial charge on any atom is 0.191 e. The van der Waals surface area contributed by atoms with Gasteiger partial charge < -0.3 is 25.0 Å². The normalized spacial score (nSPS) is 18.6. The number of rotatable bonds is 7. The predicted molar refractivity (Wildman–Crippen MR) is 109 cm³/mol. The fraction of sp³-hybridized carbons (Fsp3) is 0.588. The van der Waals surface area contributed by atoms with E-state index in [0.29, 0.717) is 19.7 Å². The molecule has 0 aliphatic carbocycles. The van der Waals surface area contributed by atoms with Gasteiger partial charge in [-0.1, -0.05) is 18.2 Å². The molecule has 7 heteroatoms. The van der Waals surface area contributed by atoms with Crippen LogP contribution in [-0.4, -0.2) is 69.9 Å². The van der Waals surface area contributed by atoms with Crippen molar-refractivity contribution in [3.8, 4) is 5.75 Å². The molecule has 1 aliphatic rings. The molecule has 1 unspecified atom stereocenters. The Balaban J connectivity index is 0.00000288. The second kappa shape index (κ2) is 12.3. The third-order valence-electron chi connectivity index (χ3n) is 3.55. The molecule has 1 atom stereocenters. The first kappa shape index (κ1) is 21.0. The Morgan fingerprint density at radius 2 is 2.12 bits per heavy atom. The molecule has 0 saturated carbocycles. The van der Waals surface area contributed by atoms with Crippen LogP contribution >= 0.6 is 24.0 Å². The minimum atomic E-state index is 0. The minimum Gasteiger partial charge on any atom is -0.492 e. The molecule has 0 amide bonds. The Kier molecular flexibility index (Phi) is 10.8. The van der Waals surface area contributed by atoms with Crippen molar-refractivity contribution >= 4 is 29.9 Å². The van der Waals surface area contributed by atoms with Crippen LogP contribution in [0.3, 0.4) is 0 Å². The van der Waals surface area contributed by atoms with Gasteiger partial charge in [0.05, 0.1) is 25.8 Å². The zero-order chi connectivity index (χ0) is 16.3. The molecule has 1 aromatic carbocycles. The average Bonchev–Trinajstić information content (AvgIpc) is 2.57. The molecule has 2 rings (SSSR count). The summed E-state index contributed by atoms with van der Waals surface area (Å²) in [5.41, 5.74) is 0. The number of likely N-dealkylation sites (N-methyl/N-ethyl adjacent to an activating group) is 1. The first-order valence-electron chi connectivity index (χ1n) is 8.28. The Labute approximate surface area is 162 Å². The monoisotopic (exact) mass is 448 g/mol. The summed E-state index contributed by atoms with van der Waals surface area (Å²) >= 11 is 0. The lowest BCUT2D eigenvalue weighted by Crippen LogP contribution is -2.43. The second-order valence-corrected chi connectivity index (χ2v) is 5.56. The van der Waals surface area contributed by atoms with Crippen molar-refractivity contribution in [1.82, 2.24) is 15.5 Å². The molecule has 0 bridgehead atoms. The number of halogens is 1.